The summed E-state index contributed by atoms with van der Waals surface area (Å²) in [4.78, 5) is 16.9. The summed E-state index contributed by atoms with van der Waals surface area (Å²) in [5, 5.41) is 0. The summed E-state index contributed by atoms with van der Waals surface area (Å²) in [7, 11) is 5.11. The molecule has 1 aromatic carbocycles. The van der Waals surface area contributed by atoms with Crippen molar-refractivity contribution in [3.63, 3.8) is 0 Å². The van der Waals surface area contributed by atoms with E-state index in [9.17, 15) is 4.79 Å². The maximum atomic E-state index is 12.0. The normalized spacial score (nSPS) is 11.6. The largest absolute Gasteiger partial charge is 0.382 e. The Morgan fingerprint density at radius 3 is 2.48 bits per heavy atom. The second-order valence-electron chi connectivity index (χ2n) is 6.19. The SMILES string of the molecule is COCC(COC)n1c(-c2cc(C)c(=O)n(C)c2)nc2ccccc21. The Labute approximate surface area is 146 Å². The Kier molecular flexibility index (Phi) is 5.01. The number of nitrogens with zero attached hydrogens (tertiary/aromatic N) is 3. The van der Waals surface area contributed by atoms with E-state index < -0.39 is 0 Å². The molecule has 0 aliphatic rings. The first-order valence-corrected chi connectivity index (χ1v) is 8.19. The molecule has 0 unspecified atom stereocenters. The van der Waals surface area contributed by atoms with E-state index in [2.05, 4.69) is 4.57 Å². The molecule has 3 aromatic rings. The minimum Gasteiger partial charge on any atom is -0.382 e. The predicted molar refractivity (Wildman–Crippen MR) is 97.9 cm³/mol. The molecule has 0 bridgehead atoms. The topological polar surface area (TPSA) is 58.3 Å². The first kappa shape index (κ1) is 17.4. The molecule has 0 saturated carbocycles. The average Bonchev–Trinajstić information content (AvgIpc) is 2.98. The van der Waals surface area contributed by atoms with Gasteiger partial charge in [-0.3, -0.25) is 4.79 Å². The summed E-state index contributed by atoms with van der Waals surface area (Å²) in [5.74, 6) is 0.805. The van der Waals surface area contributed by atoms with Crippen LogP contribution in [0.1, 0.15) is 11.6 Å². The van der Waals surface area contributed by atoms with Crippen LogP contribution in [0.5, 0.6) is 0 Å². The summed E-state index contributed by atoms with van der Waals surface area (Å²) in [5.41, 5.74) is 3.50. The van der Waals surface area contributed by atoms with Crippen LogP contribution in [-0.4, -0.2) is 41.6 Å². The maximum Gasteiger partial charge on any atom is 0.253 e. The van der Waals surface area contributed by atoms with Crippen molar-refractivity contribution in [2.24, 2.45) is 7.05 Å². The van der Waals surface area contributed by atoms with Gasteiger partial charge in [-0.15, -0.1) is 0 Å². The number of pyridine rings is 1. The van der Waals surface area contributed by atoms with Gasteiger partial charge in [0.1, 0.15) is 5.82 Å². The molecule has 2 aromatic heterocycles. The number of hydrogen-bond donors (Lipinski definition) is 0. The van der Waals surface area contributed by atoms with Crippen molar-refractivity contribution in [1.82, 2.24) is 14.1 Å². The Bertz CT molecular complexity index is 910. The number of methoxy groups -OCH3 is 2. The molecule has 25 heavy (non-hydrogen) atoms. The average molecular weight is 341 g/mol. The molecule has 0 aliphatic carbocycles. The fourth-order valence-electron chi connectivity index (χ4n) is 3.20. The molecule has 2 heterocycles. The van der Waals surface area contributed by atoms with E-state index >= 15 is 0 Å². The predicted octanol–water partition coefficient (Wildman–Crippen LogP) is 2.54. The number of benzene rings is 1. The molecule has 132 valence electrons. The van der Waals surface area contributed by atoms with E-state index in [4.69, 9.17) is 14.5 Å². The minimum absolute atomic E-state index is 0.00301. The highest BCUT2D eigenvalue weighted by atomic mass is 16.5. The summed E-state index contributed by atoms with van der Waals surface area (Å²) in [6.07, 6.45) is 1.82. The summed E-state index contributed by atoms with van der Waals surface area (Å²) in [6.45, 7) is 2.83. The van der Waals surface area contributed by atoms with Crippen LogP contribution in [0.4, 0.5) is 0 Å². The first-order valence-electron chi connectivity index (χ1n) is 8.19. The molecule has 0 saturated heterocycles. The number of aromatic nitrogens is 3. The van der Waals surface area contributed by atoms with E-state index in [-0.39, 0.29) is 11.6 Å². The molecule has 0 fully saturated rings. The van der Waals surface area contributed by atoms with Gasteiger partial charge < -0.3 is 18.6 Å². The monoisotopic (exact) mass is 341 g/mol. The van der Waals surface area contributed by atoms with Gasteiger partial charge >= 0.3 is 0 Å². The van der Waals surface area contributed by atoms with Crippen LogP contribution in [0.25, 0.3) is 22.4 Å². The molecule has 6 heteroatoms. The Morgan fingerprint density at radius 1 is 1.16 bits per heavy atom. The van der Waals surface area contributed by atoms with Gasteiger partial charge in [0.05, 0.1) is 30.3 Å². The van der Waals surface area contributed by atoms with Crippen LogP contribution < -0.4 is 5.56 Å². The Balaban J connectivity index is 2.27. The van der Waals surface area contributed by atoms with Crippen molar-refractivity contribution < 1.29 is 9.47 Å². The van der Waals surface area contributed by atoms with E-state index in [1.165, 1.54) is 0 Å². The highest BCUT2D eigenvalue weighted by Gasteiger charge is 2.21. The minimum atomic E-state index is -0.0186. The van der Waals surface area contributed by atoms with Crippen molar-refractivity contribution >= 4 is 11.0 Å². The van der Waals surface area contributed by atoms with Crippen molar-refractivity contribution in [2.75, 3.05) is 27.4 Å². The zero-order valence-corrected chi connectivity index (χ0v) is 15.0. The van der Waals surface area contributed by atoms with Gasteiger partial charge in [0.2, 0.25) is 0 Å². The van der Waals surface area contributed by atoms with Gasteiger partial charge in [-0.2, -0.15) is 0 Å². The fourth-order valence-corrected chi connectivity index (χ4v) is 3.20. The van der Waals surface area contributed by atoms with Gasteiger partial charge in [0.15, 0.2) is 0 Å². The van der Waals surface area contributed by atoms with Gasteiger partial charge in [-0.05, 0) is 25.1 Å². The second-order valence-corrected chi connectivity index (χ2v) is 6.19. The number of hydrogen-bond acceptors (Lipinski definition) is 4. The number of aryl methyl sites for hydroxylation is 2. The van der Waals surface area contributed by atoms with Crippen LogP contribution in [0.15, 0.2) is 41.3 Å². The van der Waals surface area contributed by atoms with Gasteiger partial charge in [0.25, 0.3) is 5.56 Å². The maximum absolute atomic E-state index is 12.0. The molecular weight excluding hydrogens is 318 g/mol. The van der Waals surface area contributed by atoms with Crippen molar-refractivity contribution in [1.29, 1.82) is 0 Å². The lowest BCUT2D eigenvalue weighted by Crippen LogP contribution is -2.22. The number of para-hydroxylation sites is 2. The second kappa shape index (κ2) is 7.21. The van der Waals surface area contributed by atoms with Crippen LogP contribution >= 0.6 is 0 Å². The zero-order chi connectivity index (χ0) is 18.0. The van der Waals surface area contributed by atoms with Crippen molar-refractivity contribution in [3.8, 4) is 11.4 Å². The number of imidazole rings is 1. The number of fused-ring (bicyclic) bond motifs is 1. The third kappa shape index (κ3) is 3.23. The molecule has 6 nitrogen and oxygen atoms in total. The van der Waals surface area contributed by atoms with Crippen molar-refractivity contribution in [2.45, 2.75) is 13.0 Å². The molecular formula is C19H23N3O3. The highest BCUT2D eigenvalue weighted by molar-refractivity contribution is 5.80. The van der Waals surface area contributed by atoms with Gasteiger partial charge in [-0.1, -0.05) is 12.1 Å². The summed E-state index contributed by atoms with van der Waals surface area (Å²) >= 11 is 0. The van der Waals surface area contributed by atoms with E-state index in [0.717, 1.165) is 22.4 Å². The van der Waals surface area contributed by atoms with E-state index in [1.807, 2.05) is 43.5 Å². The third-order valence-corrected chi connectivity index (χ3v) is 4.30. The third-order valence-electron chi connectivity index (χ3n) is 4.30. The van der Waals surface area contributed by atoms with Crippen LogP contribution in [0.2, 0.25) is 0 Å². The summed E-state index contributed by atoms with van der Waals surface area (Å²) < 4.78 is 14.5. The molecule has 0 atom stereocenters. The smallest absolute Gasteiger partial charge is 0.253 e. The van der Waals surface area contributed by atoms with Crippen LogP contribution in [0, 0.1) is 6.92 Å². The Hall–Kier alpha value is -2.44. The molecule has 3 rings (SSSR count). The lowest BCUT2D eigenvalue weighted by Gasteiger charge is -2.21. The lowest BCUT2D eigenvalue weighted by atomic mass is 10.2. The standard InChI is InChI=1S/C19H23N3O3/c1-13-9-14(10-21(2)19(13)23)18-20-16-7-5-6-8-17(16)22(18)15(11-24-3)12-25-4/h5-10,15H,11-12H2,1-4H3. The van der Waals surface area contributed by atoms with Gasteiger partial charge in [0, 0.05) is 38.6 Å². The van der Waals surface area contributed by atoms with E-state index in [1.54, 1.807) is 25.8 Å². The number of ether oxygens (including phenoxy) is 2. The van der Waals surface area contributed by atoms with E-state index in [0.29, 0.717) is 18.8 Å². The molecule has 0 amide bonds. The first-order chi connectivity index (χ1) is 12.1. The number of rotatable bonds is 6. The van der Waals surface area contributed by atoms with Crippen molar-refractivity contribution in [3.05, 3.63) is 52.4 Å². The fraction of sp³-hybridized carbons (Fsp3) is 0.368. The molecule has 0 spiro atoms. The van der Waals surface area contributed by atoms with Gasteiger partial charge in [-0.25, -0.2) is 4.98 Å². The summed E-state index contributed by atoms with van der Waals surface area (Å²) in [6, 6.07) is 9.86. The van der Waals surface area contributed by atoms with Crippen LogP contribution in [-0.2, 0) is 16.5 Å². The molecule has 0 aliphatic heterocycles. The van der Waals surface area contributed by atoms with Crippen LogP contribution in [0.3, 0.4) is 0 Å². The molecule has 0 radical (unpaired) electrons. The molecule has 0 N–H and O–H groups in total. The Morgan fingerprint density at radius 2 is 1.84 bits per heavy atom. The zero-order valence-electron chi connectivity index (χ0n) is 15.0. The lowest BCUT2D eigenvalue weighted by molar-refractivity contribution is 0.0918. The highest BCUT2D eigenvalue weighted by Crippen LogP contribution is 2.28. The quantitative estimate of drug-likeness (QED) is 0.691.